The Morgan fingerprint density at radius 3 is 2.69 bits per heavy atom. The van der Waals surface area contributed by atoms with Gasteiger partial charge in [-0.3, -0.25) is 0 Å². The molecule has 0 heterocycles. The van der Waals surface area contributed by atoms with Crippen LogP contribution >= 0.6 is 0 Å². The van der Waals surface area contributed by atoms with Crippen molar-refractivity contribution in [1.29, 1.82) is 5.26 Å². The van der Waals surface area contributed by atoms with Crippen LogP contribution in [0.1, 0.15) is 20.3 Å². The Morgan fingerprint density at radius 2 is 2.38 bits per heavy atom. The molecule has 1 aliphatic carbocycles. The fraction of sp³-hybridized carbons (Fsp3) is 0.500. The number of nitriles is 1. The van der Waals surface area contributed by atoms with E-state index < -0.39 is 11.4 Å². The SMILES string of the molecule is C=C(N[C@@]1(C#N)C[C@@H]1C)/C(F)=C\C. The van der Waals surface area contributed by atoms with Gasteiger partial charge in [0.15, 0.2) is 0 Å². The summed E-state index contributed by atoms with van der Waals surface area (Å²) in [6.45, 7) is 7.08. The van der Waals surface area contributed by atoms with Gasteiger partial charge in [0.25, 0.3) is 0 Å². The van der Waals surface area contributed by atoms with E-state index in [0.717, 1.165) is 6.42 Å². The van der Waals surface area contributed by atoms with Gasteiger partial charge in [-0.15, -0.1) is 0 Å². The Bertz CT molecular complexity index is 301. The molecule has 1 saturated carbocycles. The lowest BCUT2D eigenvalue weighted by Crippen LogP contribution is -2.30. The molecule has 0 bridgehead atoms. The molecule has 0 aromatic rings. The van der Waals surface area contributed by atoms with Gasteiger partial charge in [0.1, 0.15) is 11.4 Å². The molecule has 0 aromatic heterocycles. The molecule has 13 heavy (non-hydrogen) atoms. The van der Waals surface area contributed by atoms with E-state index in [9.17, 15) is 4.39 Å². The first-order valence-corrected chi connectivity index (χ1v) is 4.26. The van der Waals surface area contributed by atoms with Gasteiger partial charge in [-0.2, -0.15) is 5.26 Å². The molecule has 0 saturated heterocycles. The van der Waals surface area contributed by atoms with Crippen molar-refractivity contribution in [3.63, 3.8) is 0 Å². The van der Waals surface area contributed by atoms with Crippen LogP contribution in [0.25, 0.3) is 0 Å². The van der Waals surface area contributed by atoms with E-state index in [-0.39, 0.29) is 11.6 Å². The molecule has 1 aliphatic rings. The zero-order valence-electron chi connectivity index (χ0n) is 7.89. The van der Waals surface area contributed by atoms with Crippen molar-refractivity contribution in [3.8, 4) is 6.07 Å². The van der Waals surface area contributed by atoms with E-state index >= 15 is 0 Å². The molecular weight excluding hydrogens is 167 g/mol. The molecule has 2 atom stereocenters. The predicted octanol–water partition coefficient (Wildman–Crippen LogP) is 2.27. The second kappa shape index (κ2) is 3.21. The van der Waals surface area contributed by atoms with Crippen LogP contribution < -0.4 is 5.32 Å². The fourth-order valence-electron chi connectivity index (χ4n) is 1.29. The van der Waals surface area contributed by atoms with E-state index in [1.54, 1.807) is 6.92 Å². The van der Waals surface area contributed by atoms with Gasteiger partial charge in [0.05, 0.1) is 11.8 Å². The smallest absolute Gasteiger partial charge is 0.141 e. The van der Waals surface area contributed by atoms with Crippen molar-refractivity contribution in [2.24, 2.45) is 5.92 Å². The largest absolute Gasteiger partial charge is 0.365 e. The van der Waals surface area contributed by atoms with Gasteiger partial charge in [-0.25, -0.2) is 4.39 Å². The molecule has 0 aromatic carbocycles. The van der Waals surface area contributed by atoms with Gasteiger partial charge in [0, 0.05) is 0 Å². The van der Waals surface area contributed by atoms with E-state index in [1.807, 2.05) is 6.92 Å². The van der Waals surface area contributed by atoms with E-state index in [0.29, 0.717) is 0 Å². The Hall–Kier alpha value is -1.30. The number of rotatable bonds is 3. The second-order valence-corrected chi connectivity index (χ2v) is 3.43. The number of allylic oxidation sites excluding steroid dienone is 2. The molecule has 0 aliphatic heterocycles. The van der Waals surface area contributed by atoms with Crippen molar-refractivity contribution in [2.45, 2.75) is 25.8 Å². The monoisotopic (exact) mass is 180 g/mol. The van der Waals surface area contributed by atoms with E-state index in [2.05, 4.69) is 18.0 Å². The third-order valence-corrected chi connectivity index (χ3v) is 2.42. The third kappa shape index (κ3) is 1.72. The number of halogens is 1. The van der Waals surface area contributed by atoms with Crippen LogP contribution in [0.15, 0.2) is 24.2 Å². The summed E-state index contributed by atoms with van der Waals surface area (Å²) in [6.07, 6.45) is 2.09. The van der Waals surface area contributed by atoms with Gasteiger partial charge in [-0.1, -0.05) is 13.5 Å². The lowest BCUT2D eigenvalue weighted by atomic mass is 10.2. The molecule has 0 radical (unpaired) electrons. The first-order valence-electron chi connectivity index (χ1n) is 4.26. The first-order chi connectivity index (χ1) is 6.05. The van der Waals surface area contributed by atoms with Crippen LogP contribution in [-0.2, 0) is 0 Å². The van der Waals surface area contributed by atoms with Crippen LogP contribution in [-0.4, -0.2) is 5.54 Å². The van der Waals surface area contributed by atoms with Gasteiger partial charge < -0.3 is 5.32 Å². The highest BCUT2D eigenvalue weighted by Gasteiger charge is 2.52. The highest BCUT2D eigenvalue weighted by molar-refractivity contribution is 5.31. The summed E-state index contributed by atoms with van der Waals surface area (Å²) in [5.41, 5.74) is -0.370. The van der Waals surface area contributed by atoms with Crippen LogP contribution in [0.2, 0.25) is 0 Å². The van der Waals surface area contributed by atoms with Crippen LogP contribution in [0, 0.1) is 17.2 Å². The fourth-order valence-corrected chi connectivity index (χ4v) is 1.29. The summed E-state index contributed by atoms with van der Waals surface area (Å²) in [5.74, 6) is -0.118. The van der Waals surface area contributed by atoms with Crippen molar-refractivity contribution in [2.75, 3.05) is 0 Å². The summed E-state index contributed by atoms with van der Waals surface area (Å²) in [6, 6.07) is 2.15. The average molecular weight is 180 g/mol. The standard InChI is InChI=1S/C10H13FN2/c1-4-9(11)8(3)13-10(6-12)5-7(10)2/h4,7,13H,3,5H2,1-2H3/b9-4+/t7-,10+/m0/s1. The van der Waals surface area contributed by atoms with Crippen LogP contribution in [0.3, 0.4) is 0 Å². The lowest BCUT2D eigenvalue weighted by Gasteiger charge is -2.12. The Labute approximate surface area is 77.7 Å². The predicted molar refractivity (Wildman–Crippen MR) is 49.3 cm³/mol. The molecule has 0 spiro atoms. The molecule has 2 nitrogen and oxygen atoms in total. The third-order valence-electron chi connectivity index (χ3n) is 2.42. The van der Waals surface area contributed by atoms with E-state index in [4.69, 9.17) is 5.26 Å². The summed E-state index contributed by atoms with van der Waals surface area (Å²) in [7, 11) is 0. The molecular formula is C10H13FN2. The second-order valence-electron chi connectivity index (χ2n) is 3.43. The lowest BCUT2D eigenvalue weighted by molar-refractivity contribution is 0.575. The quantitative estimate of drug-likeness (QED) is 0.676. The maximum atomic E-state index is 12.9. The Balaban J connectivity index is 2.61. The molecule has 1 fully saturated rings. The number of hydrogen-bond donors (Lipinski definition) is 1. The van der Waals surface area contributed by atoms with Crippen LogP contribution in [0.5, 0.6) is 0 Å². The summed E-state index contributed by atoms with van der Waals surface area (Å²) in [4.78, 5) is 0. The molecule has 3 heteroatoms. The van der Waals surface area contributed by atoms with Crippen molar-refractivity contribution < 1.29 is 4.39 Å². The van der Waals surface area contributed by atoms with Crippen LogP contribution in [0.4, 0.5) is 4.39 Å². The summed E-state index contributed by atoms with van der Waals surface area (Å²) >= 11 is 0. The summed E-state index contributed by atoms with van der Waals surface area (Å²) < 4.78 is 12.9. The zero-order valence-corrected chi connectivity index (χ0v) is 7.89. The zero-order chi connectivity index (χ0) is 10.1. The van der Waals surface area contributed by atoms with E-state index in [1.165, 1.54) is 6.08 Å². The molecule has 70 valence electrons. The number of nitrogens with one attached hydrogen (secondary N) is 1. The molecule has 1 rings (SSSR count). The maximum Gasteiger partial charge on any atom is 0.141 e. The van der Waals surface area contributed by atoms with Crippen molar-refractivity contribution >= 4 is 0 Å². The first kappa shape index (κ1) is 9.79. The normalized spacial score (nSPS) is 32.2. The minimum absolute atomic E-state index is 0.202. The number of hydrogen-bond acceptors (Lipinski definition) is 2. The minimum atomic E-state index is -0.572. The maximum absolute atomic E-state index is 12.9. The molecule has 0 amide bonds. The Kier molecular flexibility index (Phi) is 2.42. The summed E-state index contributed by atoms with van der Waals surface area (Å²) in [5, 5.41) is 11.7. The van der Waals surface area contributed by atoms with Gasteiger partial charge in [0.2, 0.25) is 0 Å². The van der Waals surface area contributed by atoms with Crippen molar-refractivity contribution in [1.82, 2.24) is 5.32 Å². The minimum Gasteiger partial charge on any atom is -0.365 e. The number of nitrogens with zero attached hydrogens (tertiary/aromatic N) is 1. The molecule has 1 N–H and O–H groups in total. The van der Waals surface area contributed by atoms with Gasteiger partial charge in [-0.05, 0) is 25.3 Å². The highest BCUT2D eigenvalue weighted by Crippen LogP contribution is 2.43. The highest BCUT2D eigenvalue weighted by atomic mass is 19.1. The average Bonchev–Trinajstić information content (AvgIpc) is 2.76. The Morgan fingerprint density at radius 1 is 1.85 bits per heavy atom. The molecule has 0 unspecified atom stereocenters. The topological polar surface area (TPSA) is 35.8 Å². The van der Waals surface area contributed by atoms with Gasteiger partial charge >= 0.3 is 0 Å². The van der Waals surface area contributed by atoms with Crippen molar-refractivity contribution in [3.05, 3.63) is 24.2 Å².